The molecule has 0 spiro atoms. The summed E-state index contributed by atoms with van der Waals surface area (Å²) in [5.41, 5.74) is 0. The van der Waals surface area contributed by atoms with Crippen LogP contribution in [0.4, 0.5) is 0 Å². The Labute approximate surface area is 64.8 Å². The smallest absolute Gasteiger partial charge is 0.00840 e. The van der Waals surface area contributed by atoms with Gasteiger partial charge in [-0.25, -0.2) is 0 Å². The Hall–Kier alpha value is 0.210. The Morgan fingerprint density at radius 2 is 2.25 bits per heavy atom. The van der Waals surface area contributed by atoms with E-state index < -0.39 is 0 Å². The summed E-state index contributed by atoms with van der Waals surface area (Å²) in [5.74, 6) is 0. The molecule has 0 N–H and O–H groups in total. The van der Waals surface area contributed by atoms with Crippen molar-refractivity contribution in [1.29, 1.82) is 0 Å². The molecule has 0 nitrogen and oxygen atoms in total. The second-order valence-corrected chi connectivity index (χ2v) is 2.73. The van der Waals surface area contributed by atoms with E-state index >= 15 is 0 Å². The maximum absolute atomic E-state index is 2.30. The number of hydrogen-bond donors (Lipinski definition) is 0. The average molecular weight is 222 g/mol. The van der Waals surface area contributed by atoms with Crippen molar-refractivity contribution in [1.82, 2.24) is 0 Å². The molecule has 0 unspecified atom stereocenters. The molecule has 0 amide bonds. The fraction of sp³-hybridized carbons (Fsp3) is 0.429. The van der Waals surface area contributed by atoms with Gasteiger partial charge in [-0.3, -0.25) is 0 Å². The number of allylic oxidation sites excluding steroid dienone is 4. The van der Waals surface area contributed by atoms with Gasteiger partial charge < -0.3 is 0 Å². The molecule has 0 radical (unpaired) electrons. The predicted molar refractivity (Wildman–Crippen MR) is 47.2 cm³/mol. The van der Waals surface area contributed by atoms with E-state index in [0.29, 0.717) is 0 Å². The molecule has 0 saturated heterocycles. The van der Waals surface area contributed by atoms with Gasteiger partial charge in [0.25, 0.3) is 0 Å². The standard InChI is InChI=1S/C7H11I/c1-3-5-6-7(8)4-2/h4-6H,3H2,1-2H3/b6-5-,7-4+. The summed E-state index contributed by atoms with van der Waals surface area (Å²) in [5, 5.41) is 0. The Bertz CT molecular complexity index is 101. The molecule has 8 heavy (non-hydrogen) atoms. The first-order valence-electron chi connectivity index (χ1n) is 2.79. The van der Waals surface area contributed by atoms with Gasteiger partial charge in [-0.1, -0.05) is 25.2 Å². The Kier molecular flexibility index (Phi) is 5.49. The minimum absolute atomic E-state index is 1.13. The van der Waals surface area contributed by atoms with Crippen LogP contribution in [-0.4, -0.2) is 0 Å². The lowest BCUT2D eigenvalue weighted by atomic mass is 10.4. The van der Waals surface area contributed by atoms with Crippen molar-refractivity contribution < 1.29 is 0 Å². The largest absolute Gasteiger partial charge is 0.0838 e. The molecule has 0 atom stereocenters. The highest BCUT2D eigenvalue weighted by atomic mass is 127. The zero-order chi connectivity index (χ0) is 6.41. The summed E-state index contributed by atoms with van der Waals surface area (Å²) in [6.45, 7) is 4.18. The van der Waals surface area contributed by atoms with E-state index in [0.717, 1.165) is 6.42 Å². The highest BCUT2D eigenvalue weighted by Crippen LogP contribution is 2.06. The van der Waals surface area contributed by atoms with Gasteiger partial charge in [0, 0.05) is 3.58 Å². The van der Waals surface area contributed by atoms with Crippen LogP contribution in [0.25, 0.3) is 0 Å². The van der Waals surface area contributed by atoms with Crippen LogP contribution in [0.1, 0.15) is 20.3 Å². The molecule has 0 aromatic heterocycles. The minimum Gasteiger partial charge on any atom is -0.0838 e. The summed E-state index contributed by atoms with van der Waals surface area (Å²) in [6.07, 6.45) is 7.50. The SMILES string of the molecule is C/C=C(I)\C=C/CC. The molecule has 0 aliphatic rings. The van der Waals surface area contributed by atoms with Crippen molar-refractivity contribution >= 4 is 22.6 Å². The highest BCUT2D eigenvalue weighted by Gasteiger charge is 1.74. The molecule has 0 heterocycles. The Balaban J connectivity index is 3.53. The summed E-state index contributed by atoms with van der Waals surface area (Å²) < 4.78 is 1.31. The lowest BCUT2D eigenvalue weighted by molar-refractivity contribution is 1.22. The van der Waals surface area contributed by atoms with Gasteiger partial charge in [0.1, 0.15) is 0 Å². The number of hydrogen-bond acceptors (Lipinski definition) is 0. The van der Waals surface area contributed by atoms with Gasteiger partial charge in [0.15, 0.2) is 0 Å². The average Bonchev–Trinajstić information content (AvgIpc) is 1.83. The second kappa shape index (κ2) is 5.35. The normalized spacial score (nSPS) is 13.1. The highest BCUT2D eigenvalue weighted by molar-refractivity contribution is 14.1. The predicted octanol–water partition coefficient (Wildman–Crippen LogP) is 3.29. The van der Waals surface area contributed by atoms with Crippen molar-refractivity contribution in [3.8, 4) is 0 Å². The van der Waals surface area contributed by atoms with Gasteiger partial charge in [0.05, 0.1) is 0 Å². The van der Waals surface area contributed by atoms with Crippen LogP contribution in [0.2, 0.25) is 0 Å². The fourth-order valence-corrected chi connectivity index (χ4v) is 0.581. The summed E-state index contributed by atoms with van der Waals surface area (Å²) in [4.78, 5) is 0. The van der Waals surface area contributed by atoms with E-state index in [4.69, 9.17) is 0 Å². The molecule has 0 aromatic carbocycles. The molecule has 0 aliphatic heterocycles. The molecule has 0 aliphatic carbocycles. The van der Waals surface area contributed by atoms with Crippen LogP contribution in [0, 0.1) is 0 Å². The quantitative estimate of drug-likeness (QED) is 0.496. The maximum Gasteiger partial charge on any atom is 0.00840 e. The molecule has 46 valence electrons. The maximum atomic E-state index is 2.30. The van der Waals surface area contributed by atoms with Crippen molar-refractivity contribution in [2.24, 2.45) is 0 Å². The van der Waals surface area contributed by atoms with E-state index in [1.807, 2.05) is 6.92 Å². The van der Waals surface area contributed by atoms with E-state index in [1.54, 1.807) is 0 Å². The van der Waals surface area contributed by atoms with Crippen molar-refractivity contribution in [3.05, 3.63) is 21.8 Å². The third kappa shape index (κ3) is 4.37. The van der Waals surface area contributed by atoms with E-state index in [2.05, 4.69) is 47.7 Å². The molecule has 0 aromatic rings. The zero-order valence-corrected chi connectivity index (χ0v) is 7.47. The van der Waals surface area contributed by atoms with Crippen LogP contribution in [0.5, 0.6) is 0 Å². The number of rotatable bonds is 2. The van der Waals surface area contributed by atoms with Gasteiger partial charge in [0.2, 0.25) is 0 Å². The Morgan fingerprint density at radius 1 is 1.62 bits per heavy atom. The van der Waals surface area contributed by atoms with Crippen molar-refractivity contribution in [2.75, 3.05) is 0 Å². The van der Waals surface area contributed by atoms with Crippen LogP contribution in [0.3, 0.4) is 0 Å². The minimum atomic E-state index is 1.13. The van der Waals surface area contributed by atoms with Crippen LogP contribution in [-0.2, 0) is 0 Å². The van der Waals surface area contributed by atoms with Crippen LogP contribution < -0.4 is 0 Å². The summed E-state index contributed by atoms with van der Waals surface area (Å²) in [6, 6.07) is 0. The number of halogens is 1. The van der Waals surface area contributed by atoms with Crippen molar-refractivity contribution in [3.63, 3.8) is 0 Å². The molecule has 0 rings (SSSR count). The van der Waals surface area contributed by atoms with E-state index in [-0.39, 0.29) is 0 Å². The summed E-state index contributed by atoms with van der Waals surface area (Å²) in [7, 11) is 0. The van der Waals surface area contributed by atoms with Gasteiger partial charge >= 0.3 is 0 Å². The Morgan fingerprint density at radius 3 is 2.62 bits per heavy atom. The van der Waals surface area contributed by atoms with E-state index in [9.17, 15) is 0 Å². The monoisotopic (exact) mass is 222 g/mol. The molecular weight excluding hydrogens is 211 g/mol. The van der Waals surface area contributed by atoms with E-state index in [1.165, 1.54) is 3.58 Å². The second-order valence-electron chi connectivity index (χ2n) is 1.48. The molecule has 0 saturated carbocycles. The lowest BCUT2D eigenvalue weighted by Crippen LogP contribution is -1.57. The molecule has 1 heteroatoms. The van der Waals surface area contributed by atoms with Crippen LogP contribution >= 0.6 is 22.6 Å². The molecule has 0 fully saturated rings. The topological polar surface area (TPSA) is 0 Å². The third-order valence-corrected chi connectivity index (χ3v) is 1.77. The van der Waals surface area contributed by atoms with Gasteiger partial charge in [-0.2, -0.15) is 0 Å². The zero-order valence-electron chi connectivity index (χ0n) is 5.32. The fourth-order valence-electron chi connectivity index (χ4n) is 0.327. The lowest BCUT2D eigenvalue weighted by Gasteiger charge is -1.81. The van der Waals surface area contributed by atoms with Crippen LogP contribution in [0.15, 0.2) is 21.8 Å². The first-order chi connectivity index (χ1) is 3.81. The first kappa shape index (κ1) is 8.21. The van der Waals surface area contributed by atoms with Gasteiger partial charge in [-0.05, 0) is 35.9 Å². The molecular formula is C7H11I. The van der Waals surface area contributed by atoms with Gasteiger partial charge in [-0.15, -0.1) is 0 Å². The van der Waals surface area contributed by atoms with Crippen molar-refractivity contribution in [2.45, 2.75) is 20.3 Å². The summed E-state index contributed by atoms with van der Waals surface area (Å²) >= 11 is 2.30. The third-order valence-electron chi connectivity index (χ3n) is 0.789. The molecule has 0 bridgehead atoms. The first-order valence-corrected chi connectivity index (χ1v) is 3.87.